The zero-order chi connectivity index (χ0) is 21.2. The lowest BCUT2D eigenvalue weighted by Crippen LogP contribution is -2.44. The van der Waals surface area contributed by atoms with Crippen molar-refractivity contribution in [3.63, 3.8) is 0 Å². The van der Waals surface area contributed by atoms with Gasteiger partial charge in [-0.1, -0.05) is 36.4 Å². The fourth-order valence-corrected chi connectivity index (χ4v) is 2.75. The Labute approximate surface area is 169 Å². The largest absolute Gasteiger partial charge is 0.496 e. The maximum atomic E-state index is 12.6. The molecule has 1 atom stereocenters. The number of amides is 3. The third kappa shape index (κ3) is 6.05. The first-order valence-corrected chi connectivity index (χ1v) is 9.12. The van der Waals surface area contributed by atoms with Gasteiger partial charge < -0.3 is 14.8 Å². The van der Waals surface area contributed by atoms with Gasteiger partial charge in [0, 0.05) is 13.1 Å². The number of hydrogen-bond donors (Lipinski definition) is 3. The third-order valence-electron chi connectivity index (χ3n) is 4.15. The van der Waals surface area contributed by atoms with Crippen molar-refractivity contribution in [2.75, 3.05) is 20.8 Å². The first-order valence-electron chi connectivity index (χ1n) is 9.12. The number of hydrogen-bond acceptors (Lipinski definition) is 6. The van der Waals surface area contributed by atoms with Crippen molar-refractivity contribution in [2.24, 2.45) is 0 Å². The van der Waals surface area contributed by atoms with Crippen LogP contribution in [-0.2, 0) is 16.1 Å². The molecule has 0 bridgehead atoms. The minimum Gasteiger partial charge on any atom is -0.496 e. The molecule has 0 saturated heterocycles. The topological polar surface area (TPSA) is 106 Å². The van der Waals surface area contributed by atoms with E-state index >= 15 is 0 Å². The van der Waals surface area contributed by atoms with Crippen LogP contribution in [0.2, 0.25) is 0 Å². The molecule has 0 radical (unpaired) electrons. The summed E-state index contributed by atoms with van der Waals surface area (Å²) in [7, 11) is 2.76. The molecule has 0 spiro atoms. The van der Waals surface area contributed by atoms with Gasteiger partial charge in [0.15, 0.2) is 0 Å². The zero-order valence-corrected chi connectivity index (χ0v) is 16.7. The van der Waals surface area contributed by atoms with Crippen LogP contribution in [0.5, 0.6) is 5.75 Å². The second-order valence-electron chi connectivity index (χ2n) is 6.10. The summed E-state index contributed by atoms with van der Waals surface area (Å²) in [5.41, 5.74) is 1.74. The fourth-order valence-electron chi connectivity index (χ4n) is 2.75. The maximum Gasteiger partial charge on any atom is 0.341 e. The Morgan fingerprint density at radius 2 is 1.76 bits per heavy atom. The molecular formula is C21H25N3O5. The van der Waals surface area contributed by atoms with Gasteiger partial charge in [0.1, 0.15) is 17.4 Å². The number of esters is 1. The van der Waals surface area contributed by atoms with Crippen molar-refractivity contribution in [1.29, 1.82) is 0 Å². The molecule has 0 heterocycles. The number of imide groups is 1. The van der Waals surface area contributed by atoms with E-state index in [4.69, 9.17) is 9.47 Å². The highest BCUT2D eigenvalue weighted by atomic mass is 16.5. The van der Waals surface area contributed by atoms with E-state index in [0.29, 0.717) is 17.9 Å². The van der Waals surface area contributed by atoms with Gasteiger partial charge in [-0.2, -0.15) is 0 Å². The molecule has 0 aliphatic heterocycles. The van der Waals surface area contributed by atoms with Crippen molar-refractivity contribution in [3.05, 3.63) is 65.2 Å². The number of rotatable bonds is 8. The summed E-state index contributed by atoms with van der Waals surface area (Å²) in [6.07, 6.45) is 0. The molecule has 29 heavy (non-hydrogen) atoms. The van der Waals surface area contributed by atoms with Gasteiger partial charge in [0.05, 0.1) is 14.2 Å². The standard InChI is InChI=1S/C21H25N3O5/c1-4-22-21(27)24-19(25)18(15-8-6-5-7-9-15)23-13-14-10-11-17(28-2)16(12-14)20(26)29-3/h5-12,18,23H,4,13H2,1-3H3,(H2,22,24,25,27)/t18-/m1/s1. The highest BCUT2D eigenvalue weighted by Gasteiger charge is 2.22. The molecule has 2 rings (SSSR count). The van der Waals surface area contributed by atoms with Crippen LogP contribution in [-0.4, -0.2) is 38.7 Å². The number of nitrogens with one attached hydrogen (secondary N) is 3. The Morgan fingerprint density at radius 3 is 2.38 bits per heavy atom. The Kier molecular flexibility index (Phi) is 8.17. The third-order valence-corrected chi connectivity index (χ3v) is 4.15. The number of carbonyl (C=O) groups excluding carboxylic acids is 3. The van der Waals surface area contributed by atoms with Gasteiger partial charge in [0.25, 0.3) is 0 Å². The van der Waals surface area contributed by atoms with Gasteiger partial charge >= 0.3 is 12.0 Å². The molecule has 0 aliphatic carbocycles. The lowest BCUT2D eigenvalue weighted by molar-refractivity contribution is -0.122. The van der Waals surface area contributed by atoms with E-state index in [0.717, 1.165) is 5.56 Å². The Balaban J connectivity index is 2.20. The number of methoxy groups -OCH3 is 2. The lowest BCUT2D eigenvalue weighted by atomic mass is 10.0. The van der Waals surface area contributed by atoms with Crippen LogP contribution in [0, 0.1) is 0 Å². The van der Waals surface area contributed by atoms with Crippen LogP contribution in [0.25, 0.3) is 0 Å². The van der Waals surface area contributed by atoms with Gasteiger partial charge in [-0.15, -0.1) is 0 Å². The molecule has 0 unspecified atom stereocenters. The minimum atomic E-state index is -0.762. The molecule has 0 fully saturated rings. The molecule has 8 heteroatoms. The second kappa shape index (κ2) is 10.8. The van der Waals surface area contributed by atoms with Crippen LogP contribution in [0.4, 0.5) is 4.79 Å². The van der Waals surface area contributed by atoms with Gasteiger partial charge in [-0.05, 0) is 30.2 Å². The summed E-state index contributed by atoms with van der Waals surface area (Å²) < 4.78 is 9.98. The molecule has 2 aromatic rings. The van der Waals surface area contributed by atoms with E-state index in [2.05, 4.69) is 16.0 Å². The van der Waals surface area contributed by atoms with E-state index in [9.17, 15) is 14.4 Å². The molecule has 8 nitrogen and oxygen atoms in total. The van der Waals surface area contributed by atoms with Crippen LogP contribution in [0.1, 0.15) is 34.5 Å². The SMILES string of the molecule is CCNC(=O)NC(=O)[C@H](NCc1ccc(OC)c(C(=O)OC)c1)c1ccccc1. The molecule has 0 aromatic heterocycles. The second-order valence-corrected chi connectivity index (χ2v) is 6.10. The highest BCUT2D eigenvalue weighted by Crippen LogP contribution is 2.21. The summed E-state index contributed by atoms with van der Waals surface area (Å²) in [5.74, 6) is -0.602. The monoisotopic (exact) mass is 399 g/mol. The van der Waals surface area contributed by atoms with E-state index in [1.54, 1.807) is 37.3 Å². The highest BCUT2D eigenvalue weighted by molar-refractivity contribution is 5.97. The molecule has 154 valence electrons. The predicted octanol–water partition coefficient (Wildman–Crippen LogP) is 2.16. The minimum absolute atomic E-state index is 0.274. The smallest absolute Gasteiger partial charge is 0.341 e. The first kappa shape index (κ1) is 21.9. The summed E-state index contributed by atoms with van der Waals surface area (Å²) >= 11 is 0. The van der Waals surface area contributed by atoms with Crippen molar-refractivity contribution < 1.29 is 23.9 Å². The van der Waals surface area contributed by atoms with E-state index in [1.807, 2.05) is 18.2 Å². The van der Waals surface area contributed by atoms with Crippen LogP contribution in [0.15, 0.2) is 48.5 Å². The first-order chi connectivity index (χ1) is 14.0. The molecule has 3 amide bonds. The molecule has 0 aliphatic rings. The number of urea groups is 1. The van der Waals surface area contributed by atoms with E-state index in [1.165, 1.54) is 14.2 Å². The van der Waals surface area contributed by atoms with Gasteiger partial charge in [-0.3, -0.25) is 15.4 Å². The maximum absolute atomic E-state index is 12.6. The summed E-state index contributed by atoms with van der Waals surface area (Å²) in [4.78, 5) is 36.4. The quantitative estimate of drug-likeness (QED) is 0.588. The van der Waals surface area contributed by atoms with Gasteiger partial charge in [0.2, 0.25) is 5.91 Å². The Hall–Kier alpha value is -3.39. The fraction of sp³-hybridized carbons (Fsp3) is 0.286. The van der Waals surface area contributed by atoms with Crippen molar-refractivity contribution in [1.82, 2.24) is 16.0 Å². The van der Waals surface area contributed by atoms with Crippen molar-refractivity contribution in [2.45, 2.75) is 19.5 Å². The zero-order valence-electron chi connectivity index (χ0n) is 16.7. The van der Waals surface area contributed by atoms with E-state index in [-0.39, 0.29) is 12.1 Å². The summed E-state index contributed by atoms with van der Waals surface area (Å²) in [5, 5.41) is 7.99. The van der Waals surface area contributed by atoms with Gasteiger partial charge in [-0.25, -0.2) is 9.59 Å². The normalized spacial score (nSPS) is 11.3. The number of ether oxygens (including phenoxy) is 2. The average Bonchev–Trinajstić information content (AvgIpc) is 2.74. The lowest BCUT2D eigenvalue weighted by Gasteiger charge is -2.19. The molecule has 0 saturated carbocycles. The van der Waals surface area contributed by atoms with Crippen LogP contribution in [0.3, 0.4) is 0 Å². The molecular weight excluding hydrogens is 374 g/mol. The van der Waals surface area contributed by atoms with Crippen molar-refractivity contribution in [3.8, 4) is 5.75 Å². The average molecular weight is 399 g/mol. The Morgan fingerprint density at radius 1 is 1.03 bits per heavy atom. The van der Waals surface area contributed by atoms with Crippen molar-refractivity contribution >= 4 is 17.9 Å². The predicted molar refractivity (Wildman–Crippen MR) is 108 cm³/mol. The molecule has 3 N–H and O–H groups in total. The summed E-state index contributed by atoms with van der Waals surface area (Å²) in [6, 6.07) is 12.8. The van der Waals surface area contributed by atoms with Crippen LogP contribution < -0.4 is 20.7 Å². The molecule has 2 aromatic carbocycles. The van der Waals surface area contributed by atoms with E-state index < -0.39 is 23.9 Å². The van der Waals surface area contributed by atoms with Crippen LogP contribution >= 0.6 is 0 Å². The Bertz CT molecular complexity index is 855. The summed E-state index contributed by atoms with van der Waals surface area (Å²) in [6.45, 7) is 2.45. The number of carbonyl (C=O) groups is 3. The number of benzene rings is 2.